The van der Waals surface area contributed by atoms with Gasteiger partial charge >= 0.3 is 0 Å². The highest BCUT2D eigenvalue weighted by molar-refractivity contribution is 7.89. The lowest BCUT2D eigenvalue weighted by atomic mass is 9.97. The van der Waals surface area contributed by atoms with Gasteiger partial charge in [-0.2, -0.15) is 0 Å². The summed E-state index contributed by atoms with van der Waals surface area (Å²) >= 11 is 0. The maximum Gasteiger partial charge on any atom is 0.240 e. The van der Waals surface area contributed by atoms with Crippen LogP contribution in [-0.4, -0.2) is 52.2 Å². The van der Waals surface area contributed by atoms with E-state index in [1.54, 1.807) is 6.07 Å². The molecule has 1 aromatic heterocycles. The average molecular weight is 406 g/mol. The second-order valence-electron chi connectivity index (χ2n) is 6.94. The van der Waals surface area contributed by atoms with Crippen molar-refractivity contribution in [2.24, 2.45) is 5.92 Å². The number of sulfonamides is 1. The van der Waals surface area contributed by atoms with Crippen LogP contribution in [0.3, 0.4) is 0 Å². The minimum atomic E-state index is -3.59. The zero-order valence-electron chi connectivity index (χ0n) is 16.3. The molecular weight excluding hydrogens is 378 g/mol. The molecule has 2 aromatic rings. The van der Waals surface area contributed by atoms with Gasteiger partial charge in [0.15, 0.2) is 11.5 Å². The first-order valence-electron chi connectivity index (χ1n) is 9.35. The van der Waals surface area contributed by atoms with Gasteiger partial charge in [0.2, 0.25) is 10.0 Å². The molecule has 1 fully saturated rings. The molecule has 0 amide bonds. The van der Waals surface area contributed by atoms with Crippen molar-refractivity contribution in [1.29, 1.82) is 0 Å². The second kappa shape index (κ2) is 9.36. The van der Waals surface area contributed by atoms with Crippen LogP contribution in [-0.2, 0) is 16.6 Å². The Morgan fingerprint density at radius 1 is 1.07 bits per heavy atom. The maximum absolute atomic E-state index is 12.6. The van der Waals surface area contributed by atoms with Crippen molar-refractivity contribution in [2.75, 3.05) is 33.9 Å². The number of aromatic nitrogens is 1. The van der Waals surface area contributed by atoms with Gasteiger partial charge < -0.3 is 9.47 Å². The molecule has 0 aliphatic carbocycles. The highest BCUT2D eigenvalue weighted by Crippen LogP contribution is 2.29. The maximum atomic E-state index is 12.6. The van der Waals surface area contributed by atoms with Gasteiger partial charge in [-0.15, -0.1) is 0 Å². The van der Waals surface area contributed by atoms with Crippen molar-refractivity contribution in [3.8, 4) is 11.5 Å². The molecule has 1 N–H and O–H groups in total. The monoisotopic (exact) mass is 405 g/mol. The number of methoxy groups -OCH3 is 2. The molecule has 28 heavy (non-hydrogen) atoms. The molecule has 0 unspecified atom stereocenters. The van der Waals surface area contributed by atoms with Gasteiger partial charge in [-0.25, -0.2) is 13.1 Å². The molecule has 1 saturated heterocycles. The standard InChI is InChI=1S/C20H27N3O4S/c1-26-19-4-3-18(13-20(19)27-2)28(24,25)22-14-16-7-11-23(12-8-16)15-17-5-9-21-10-6-17/h3-6,9-10,13,16,22H,7-8,11-12,14-15H2,1-2H3. The molecule has 3 rings (SSSR count). The fraction of sp³-hybridized carbons (Fsp3) is 0.450. The lowest BCUT2D eigenvalue weighted by Crippen LogP contribution is -2.38. The third kappa shape index (κ3) is 5.21. The Labute approximate surface area is 166 Å². The Morgan fingerprint density at radius 2 is 1.75 bits per heavy atom. The van der Waals surface area contributed by atoms with Gasteiger partial charge in [0, 0.05) is 31.5 Å². The van der Waals surface area contributed by atoms with Gasteiger partial charge in [0.25, 0.3) is 0 Å². The molecule has 0 radical (unpaired) electrons. The van der Waals surface area contributed by atoms with Crippen molar-refractivity contribution in [1.82, 2.24) is 14.6 Å². The molecule has 0 atom stereocenters. The van der Waals surface area contributed by atoms with Gasteiger partial charge in [-0.3, -0.25) is 9.88 Å². The number of hydrogen-bond donors (Lipinski definition) is 1. The van der Waals surface area contributed by atoms with Crippen LogP contribution in [0.1, 0.15) is 18.4 Å². The number of pyridine rings is 1. The Kier molecular flexibility index (Phi) is 6.88. The van der Waals surface area contributed by atoms with Crippen LogP contribution in [0, 0.1) is 5.92 Å². The highest BCUT2D eigenvalue weighted by atomic mass is 32.2. The summed E-state index contributed by atoms with van der Waals surface area (Å²) in [6, 6.07) is 8.68. The molecule has 1 aliphatic rings. The predicted molar refractivity (Wildman–Crippen MR) is 107 cm³/mol. The molecule has 8 heteroatoms. The first-order chi connectivity index (χ1) is 13.5. The molecule has 152 valence electrons. The Morgan fingerprint density at radius 3 is 2.39 bits per heavy atom. The number of nitrogens with one attached hydrogen (secondary N) is 1. The number of hydrogen-bond acceptors (Lipinski definition) is 6. The van der Waals surface area contributed by atoms with E-state index in [4.69, 9.17) is 9.47 Å². The van der Waals surface area contributed by atoms with Gasteiger partial charge in [-0.1, -0.05) is 0 Å². The van der Waals surface area contributed by atoms with Gasteiger partial charge in [0.05, 0.1) is 19.1 Å². The third-order valence-electron chi connectivity index (χ3n) is 5.09. The van der Waals surface area contributed by atoms with Crippen molar-refractivity contribution in [3.63, 3.8) is 0 Å². The van der Waals surface area contributed by atoms with Crippen LogP contribution in [0.15, 0.2) is 47.6 Å². The van der Waals surface area contributed by atoms with E-state index < -0.39 is 10.0 Å². The van der Waals surface area contributed by atoms with E-state index in [2.05, 4.69) is 14.6 Å². The van der Waals surface area contributed by atoms with E-state index in [-0.39, 0.29) is 4.90 Å². The van der Waals surface area contributed by atoms with E-state index >= 15 is 0 Å². The lowest BCUT2D eigenvalue weighted by Gasteiger charge is -2.32. The predicted octanol–water partition coefficient (Wildman–Crippen LogP) is 2.29. The van der Waals surface area contributed by atoms with Crippen molar-refractivity contribution >= 4 is 10.0 Å². The summed E-state index contributed by atoms with van der Waals surface area (Å²) < 4.78 is 38.4. The van der Waals surface area contributed by atoms with Crippen molar-refractivity contribution in [2.45, 2.75) is 24.3 Å². The number of likely N-dealkylation sites (tertiary alicyclic amines) is 1. The molecule has 2 heterocycles. The molecule has 7 nitrogen and oxygen atoms in total. The molecule has 1 aromatic carbocycles. The lowest BCUT2D eigenvalue weighted by molar-refractivity contribution is 0.178. The van der Waals surface area contributed by atoms with E-state index in [9.17, 15) is 8.42 Å². The SMILES string of the molecule is COc1ccc(S(=O)(=O)NCC2CCN(Cc3ccncc3)CC2)cc1OC. The molecule has 1 aliphatic heterocycles. The fourth-order valence-electron chi connectivity index (χ4n) is 3.39. The minimum absolute atomic E-state index is 0.181. The van der Waals surface area contributed by atoms with Crippen LogP contribution < -0.4 is 14.2 Å². The first-order valence-corrected chi connectivity index (χ1v) is 10.8. The number of benzene rings is 1. The smallest absolute Gasteiger partial charge is 0.240 e. The summed E-state index contributed by atoms with van der Waals surface area (Å²) in [5.41, 5.74) is 1.25. The number of nitrogens with zero attached hydrogens (tertiary/aromatic N) is 2. The summed E-state index contributed by atoms with van der Waals surface area (Å²) in [4.78, 5) is 6.62. The number of rotatable bonds is 8. The van der Waals surface area contributed by atoms with Crippen LogP contribution in [0.5, 0.6) is 11.5 Å². The average Bonchev–Trinajstić information content (AvgIpc) is 2.73. The van der Waals surface area contributed by atoms with E-state index in [0.717, 1.165) is 32.5 Å². The quantitative estimate of drug-likeness (QED) is 0.726. The Hall–Kier alpha value is -2.16. The normalized spacial score (nSPS) is 16.1. The summed E-state index contributed by atoms with van der Waals surface area (Å²) in [5.74, 6) is 1.24. The third-order valence-corrected chi connectivity index (χ3v) is 6.51. The largest absolute Gasteiger partial charge is 0.493 e. The topological polar surface area (TPSA) is 80.8 Å². The Balaban J connectivity index is 1.52. The first kappa shape index (κ1) is 20.6. The minimum Gasteiger partial charge on any atom is -0.493 e. The zero-order valence-corrected chi connectivity index (χ0v) is 17.1. The summed E-state index contributed by atoms with van der Waals surface area (Å²) in [6.45, 7) is 3.28. The van der Waals surface area contributed by atoms with Crippen molar-refractivity contribution in [3.05, 3.63) is 48.3 Å². The fourth-order valence-corrected chi connectivity index (χ4v) is 4.52. The van der Waals surface area contributed by atoms with E-state index in [1.165, 1.54) is 31.9 Å². The highest BCUT2D eigenvalue weighted by Gasteiger charge is 2.23. The number of ether oxygens (including phenoxy) is 2. The molecule has 0 saturated carbocycles. The van der Waals surface area contributed by atoms with Gasteiger partial charge in [0.1, 0.15) is 0 Å². The van der Waals surface area contributed by atoms with E-state index in [1.807, 2.05) is 24.5 Å². The summed E-state index contributed by atoms with van der Waals surface area (Å²) in [5, 5.41) is 0. The molecule has 0 bridgehead atoms. The Bertz CT molecular complexity index is 866. The second-order valence-corrected chi connectivity index (χ2v) is 8.71. The van der Waals surface area contributed by atoms with Crippen molar-refractivity contribution < 1.29 is 17.9 Å². The number of piperidine rings is 1. The molecular formula is C20H27N3O4S. The van der Waals surface area contributed by atoms with Crippen LogP contribution >= 0.6 is 0 Å². The summed E-state index contributed by atoms with van der Waals surface area (Å²) in [6.07, 6.45) is 5.56. The van der Waals surface area contributed by atoms with Crippen LogP contribution in [0.2, 0.25) is 0 Å². The molecule has 0 spiro atoms. The van der Waals surface area contributed by atoms with Crippen LogP contribution in [0.4, 0.5) is 0 Å². The summed E-state index contributed by atoms with van der Waals surface area (Å²) in [7, 11) is -0.579. The van der Waals surface area contributed by atoms with E-state index in [0.29, 0.717) is 24.0 Å². The zero-order chi connectivity index (χ0) is 20.0. The van der Waals surface area contributed by atoms with Crippen LogP contribution in [0.25, 0.3) is 0 Å². The van der Waals surface area contributed by atoms with Gasteiger partial charge in [-0.05, 0) is 61.7 Å².